The Bertz CT molecular complexity index is 699. The Morgan fingerprint density at radius 2 is 2.29 bits per heavy atom. The first-order chi connectivity index (χ1) is 9.97. The molecule has 1 fully saturated rings. The lowest BCUT2D eigenvalue weighted by Gasteiger charge is -2.33. The van der Waals surface area contributed by atoms with E-state index in [1.807, 2.05) is 0 Å². The van der Waals surface area contributed by atoms with Gasteiger partial charge in [-0.3, -0.25) is 4.79 Å². The van der Waals surface area contributed by atoms with Crippen molar-refractivity contribution in [3.05, 3.63) is 17.5 Å². The predicted octanol–water partition coefficient (Wildman–Crippen LogP) is 2.47. The average Bonchev–Trinajstić information content (AvgIpc) is 2.76. The summed E-state index contributed by atoms with van der Waals surface area (Å²) in [6, 6.07) is 1.70. The molecule has 0 unspecified atom stereocenters. The molecule has 6 nitrogen and oxygen atoms in total. The third-order valence-electron chi connectivity index (χ3n) is 3.72. The highest BCUT2D eigenvalue weighted by Crippen LogP contribution is 2.36. The van der Waals surface area contributed by atoms with E-state index in [0.29, 0.717) is 29.7 Å². The van der Waals surface area contributed by atoms with Crippen LogP contribution in [0.15, 0.2) is 12.3 Å². The predicted molar refractivity (Wildman–Crippen MR) is 76.4 cm³/mol. The molecule has 0 atom stereocenters. The maximum atomic E-state index is 14.0. The van der Waals surface area contributed by atoms with E-state index in [0.717, 1.165) is 6.42 Å². The Hall–Kier alpha value is -1.89. The van der Waals surface area contributed by atoms with Gasteiger partial charge in [-0.15, -0.1) is 0 Å². The van der Waals surface area contributed by atoms with Gasteiger partial charge < -0.3 is 15.0 Å². The number of aromatic nitrogens is 3. The number of carbonyl (C=O) groups is 1. The smallest absolute Gasteiger partial charge is 0.323 e. The fourth-order valence-electron chi connectivity index (χ4n) is 2.43. The fourth-order valence-corrected chi connectivity index (χ4v) is 2.59. The van der Waals surface area contributed by atoms with Gasteiger partial charge in [-0.05, 0) is 36.9 Å². The van der Waals surface area contributed by atoms with Gasteiger partial charge in [0, 0.05) is 6.20 Å². The minimum atomic E-state index is -1.19. The van der Waals surface area contributed by atoms with Crippen molar-refractivity contribution in [2.75, 3.05) is 11.9 Å². The minimum Gasteiger partial charge on any atom is -0.480 e. The molecule has 1 saturated carbocycles. The minimum absolute atomic E-state index is 0.00291. The van der Waals surface area contributed by atoms with E-state index >= 15 is 0 Å². The van der Waals surface area contributed by atoms with Gasteiger partial charge in [-0.2, -0.15) is 4.98 Å². The molecule has 0 bridgehead atoms. The van der Waals surface area contributed by atoms with Gasteiger partial charge in [0.05, 0.1) is 11.9 Å². The molecule has 8 heteroatoms. The topological polar surface area (TPSA) is 80.0 Å². The number of carboxylic acids is 1. The SMILES string of the molecule is O=C(O)Cn1ccc2c(NCC3(F)CCC3)nc(Cl)nc21. The molecule has 2 aromatic rings. The second kappa shape index (κ2) is 5.14. The van der Waals surface area contributed by atoms with Crippen LogP contribution in [0.5, 0.6) is 0 Å². The summed E-state index contributed by atoms with van der Waals surface area (Å²) in [6.07, 6.45) is 3.58. The van der Waals surface area contributed by atoms with Crippen LogP contribution in [0.25, 0.3) is 11.0 Å². The van der Waals surface area contributed by atoms with Crippen LogP contribution in [0.3, 0.4) is 0 Å². The van der Waals surface area contributed by atoms with Crippen LogP contribution in [-0.2, 0) is 11.3 Å². The van der Waals surface area contributed by atoms with Gasteiger partial charge in [-0.25, -0.2) is 9.37 Å². The maximum absolute atomic E-state index is 14.0. The van der Waals surface area contributed by atoms with Crippen LogP contribution in [-0.4, -0.2) is 37.8 Å². The van der Waals surface area contributed by atoms with Gasteiger partial charge in [0.15, 0.2) is 0 Å². The van der Waals surface area contributed by atoms with Crippen LogP contribution in [0.2, 0.25) is 5.28 Å². The molecule has 0 radical (unpaired) electrons. The van der Waals surface area contributed by atoms with Crippen molar-refractivity contribution in [3.8, 4) is 0 Å². The van der Waals surface area contributed by atoms with E-state index in [9.17, 15) is 9.18 Å². The third kappa shape index (κ3) is 2.78. The first-order valence-corrected chi connectivity index (χ1v) is 7.02. The normalized spacial score (nSPS) is 16.7. The zero-order valence-electron chi connectivity index (χ0n) is 11.1. The first-order valence-electron chi connectivity index (χ1n) is 6.64. The number of hydrogen-bond acceptors (Lipinski definition) is 4. The molecule has 0 spiro atoms. The first kappa shape index (κ1) is 14.1. The molecule has 2 N–H and O–H groups in total. The van der Waals surface area contributed by atoms with Crippen LogP contribution >= 0.6 is 11.6 Å². The Morgan fingerprint density at radius 3 is 2.90 bits per heavy atom. The number of alkyl halides is 1. The third-order valence-corrected chi connectivity index (χ3v) is 3.89. The molecule has 2 heterocycles. The van der Waals surface area contributed by atoms with Crippen molar-refractivity contribution >= 4 is 34.4 Å². The van der Waals surface area contributed by atoms with E-state index in [2.05, 4.69) is 15.3 Å². The second-order valence-electron chi connectivity index (χ2n) is 5.27. The molecular formula is C13H14ClFN4O2. The summed E-state index contributed by atoms with van der Waals surface area (Å²) < 4.78 is 15.5. The van der Waals surface area contributed by atoms with Crippen LogP contribution in [0, 0.1) is 0 Å². The van der Waals surface area contributed by atoms with Crippen LogP contribution in [0.4, 0.5) is 10.2 Å². The van der Waals surface area contributed by atoms with Crippen molar-refractivity contribution in [1.82, 2.24) is 14.5 Å². The van der Waals surface area contributed by atoms with E-state index < -0.39 is 11.6 Å². The zero-order valence-corrected chi connectivity index (χ0v) is 11.9. The number of fused-ring (bicyclic) bond motifs is 1. The lowest BCUT2D eigenvalue weighted by Crippen LogP contribution is -2.39. The number of carboxylic acid groups (broad SMARTS) is 1. The Kier molecular flexibility index (Phi) is 3.44. The van der Waals surface area contributed by atoms with Gasteiger partial charge in [0.25, 0.3) is 0 Å². The summed E-state index contributed by atoms with van der Waals surface area (Å²) in [5, 5.41) is 12.5. The summed E-state index contributed by atoms with van der Waals surface area (Å²) in [5.74, 6) is -0.549. The number of nitrogens with one attached hydrogen (secondary N) is 1. The number of hydrogen-bond donors (Lipinski definition) is 2. The highest BCUT2D eigenvalue weighted by atomic mass is 35.5. The number of aliphatic carboxylic acids is 1. The van der Waals surface area contributed by atoms with Crippen molar-refractivity contribution in [3.63, 3.8) is 0 Å². The quantitative estimate of drug-likeness (QED) is 0.829. The molecule has 0 saturated heterocycles. The number of rotatable bonds is 5. The number of nitrogens with zero attached hydrogens (tertiary/aromatic N) is 3. The van der Waals surface area contributed by atoms with Gasteiger partial charge in [0.1, 0.15) is 23.7 Å². The van der Waals surface area contributed by atoms with E-state index in [-0.39, 0.29) is 18.4 Å². The summed E-state index contributed by atoms with van der Waals surface area (Å²) in [5.41, 5.74) is -0.769. The number of anilines is 1. The monoisotopic (exact) mass is 312 g/mol. The molecule has 0 amide bonds. The molecule has 2 aromatic heterocycles. The largest absolute Gasteiger partial charge is 0.480 e. The molecule has 0 aliphatic heterocycles. The van der Waals surface area contributed by atoms with E-state index in [1.165, 1.54) is 4.57 Å². The highest BCUT2D eigenvalue weighted by Gasteiger charge is 2.36. The molecule has 21 heavy (non-hydrogen) atoms. The molecule has 3 rings (SSSR count). The standard InChI is InChI=1S/C13H14ClFN4O2/c14-12-17-10(16-7-13(15)3-1-4-13)8-2-5-19(6-9(20)21)11(8)18-12/h2,5H,1,3-4,6-7H2,(H,20,21)(H,16,17,18). The van der Waals surface area contributed by atoms with Gasteiger partial charge in [0.2, 0.25) is 5.28 Å². The molecule has 1 aliphatic carbocycles. The highest BCUT2D eigenvalue weighted by molar-refractivity contribution is 6.28. The van der Waals surface area contributed by atoms with Gasteiger partial charge >= 0.3 is 5.97 Å². The van der Waals surface area contributed by atoms with Gasteiger partial charge in [-0.1, -0.05) is 0 Å². The van der Waals surface area contributed by atoms with Crippen molar-refractivity contribution in [2.45, 2.75) is 31.5 Å². The number of halogens is 2. The Morgan fingerprint density at radius 1 is 1.52 bits per heavy atom. The summed E-state index contributed by atoms with van der Waals surface area (Å²) in [7, 11) is 0. The summed E-state index contributed by atoms with van der Waals surface area (Å²) in [4.78, 5) is 18.9. The second-order valence-corrected chi connectivity index (χ2v) is 5.61. The Labute approximate surface area is 124 Å². The lowest BCUT2D eigenvalue weighted by molar-refractivity contribution is -0.137. The van der Waals surface area contributed by atoms with E-state index in [1.54, 1.807) is 12.3 Å². The summed E-state index contributed by atoms with van der Waals surface area (Å²) in [6.45, 7) is -0.0527. The maximum Gasteiger partial charge on any atom is 0.323 e. The zero-order chi connectivity index (χ0) is 15.0. The molecule has 1 aliphatic rings. The lowest BCUT2D eigenvalue weighted by atomic mass is 9.82. The molecule has 0 aromatic carbocycles. The van der Waals surface area contributed by atoms with Crippen molar-refractivity contribution in [2.24, 2.45) is 0 Å². The molecule has 112 valence electrons. The van der Waals surface area contributed by atoms with E-state index in [4.69, 9.17) is 16.7 Å². The van der Waals surface area contributed by atoms with Crippen LogP contribution in [0.1, 0.15) is 19.3 Å². The van der Waals surface area contributed by atoms with Crippen LogP contribution < -0.4 is 5.32 Å². The Balaban J connectivity index is 1.90. The fraction of sp³-hybridized carbons (Fsp3) is 0.462. The average molecular weight is 313 g/mol. The molecular weight excluding hydrogens is 299 g/mol. The van der Waals surface area contributed by atoms with Crippen molar-refractivity contribution < 1.29 is 14.3 Å². The summed E-state index contributed by atoms with van der Waals surface area (Å²) >= 11 is 5.87. The van der Waals surface area contributed by atoms with Crippen molar-refractivity contribution in [1.29, 1.82) is 0 Å².